The minimum atomic E-state index is 0.0340. The highest BCUT2D eigenvalue weighted by Crippen LogP contribution is 2.44. The lowest BCUT2D eigenvalue weighted by Crippen LogP contribution is -1.94. The van der Waals surface area contributed by atoms with E-state index in [1.54, 1.807) is 10.8 Å². The molecule has 1 aliphatic carbocycles. The summed E-state index contributed by atoms with van der Waals surface area (Å²) in [5.41, 5.74) is 6.00. The molecule has 0 atom stereocenters. The monoisotopic (exact) mass is 316 g/mol. The van der Waals surface area contributed by atoms with Gasteiger partial charge in [0.1, 0.15) is 6.33 Å². The van der Waals surface area contributed by atoms with Crippen LogP contribution in [0.1, 0.15) is 29.9 Å². The predicted octanol–water partition coefficient (Wildman–Crippen LogP) is 3.31. The average molecular weight is 316 g/mol. The number of benzene rings is 1. The molecule has 118 valence electrons. The molecule has 5 nitrogen and oxygen atoms in total. The third-order valence-corrected chi connectivity index (χ3v) is 4.68. The Morgan fingerprint density at radius 1 is 1.12 bits per heavy atom. The highest BCUT2D eigenvalue weighted by atomic mass is 16.3. The zero-order valence-corrected chi connectivity index (χ0v) is 13.1. The maximum atomic E-state index is 9.42. The smallest absolute Gasteiger partial charge is 0.155 e. The highest BCUT2D eigenvalue weighted by molar-refractivity contribution is 5.87. The van der Waals surface area contributed by atoms with Crippen LogP contribution in [0.2, 0.25) is 0 Å². The fourth-order valence-corrected chi connectivity index (χ4v) is 3.25. The molecule has 0 aliphatic heterocycles. The molecule has 0 spiro atoms. The minimum absolute atomic E-state index is 0.0340. The molecule has 1 fully saturated rings. The number of rotatable bonds is 3. The lowest BCUT2D eigenvalue weighted by Gasteiger charge is -2.10. The summed E-state index contributed by atoms with van der Waals surface area (Å²) in [6, 6.07) is 12.3. The average Bonchev–Trinajstić information content (AvgIpc) is 3.36. The third-order valence-electron chi connectivity index (χ3n) is 4.68. The van der Waals surface area contributed by atoms with Gasteiger partial charge in [-0.2, -0.15) is 5.10 Å². The number of aliphatic hydroxyl groups excluding tert-OH is 1. The minimum Gasteiger partial charge on any atom is -0.392 e. The molecule has 3 heterocycles. The topological polar surface area (TPSA) is 63.3 Å². The van der Waals surface area contributed by atoms with Gasteiger partial charge in [-0.3, -0.25) is 0 Å². The quantitative estimate of drug-likeness (QED) is 0.630. The van der Waals surface area contributed by atoms with Gasteiger partial charge in [0.05, 0.1) is 17.8 Å². The van der Waals surface area contributed by atoms with Crippen LogP contribution < -0.4 is 0 Å². The Bertz CT molecular complexity index is 1070. The van der Waals surface area contributed by atoms with Crippen molar-refractivity contribution in [3.63, 3.8) is 0 Å². The van der Waals surface area contributed by atoms with E-state index in [1.807, 2.05) is 30.5 Å². The van der Waals surface area contributed by atoms with Crippen molar-refractivity contribution >= 4 is 16.6 Å². The Hall–Kier alpha value is -2.79. The second kappa shape index (κ2) is 5.11. The van der Waals surface area contributed by atoms with Crippen LogP contribution in [-0.4, -0.2) is 24.7 Å². The van der Waals surface area contributed by atoms with E-state index in [2.05, 4.69) is 22.2 Å². The summed E-state index contributed by atoms with van der Waals surface area (Å²) < 4.78 is 1.75. The number of hydrogen-bond acceptors (Lipinski definition) is 4. The van der Waals surface area contributed by atoms with Gasteiger partial charge >= 0.3 is 0 Å². The van der Waals surface area contributed by atoms with Crippen LogP contribution in [-0.2, 0) is 6.61 Å². The maximum Gasteiger partial charge on any atom is 0.155 e. The van der Waals surface area contributed by atoms with E-state index in [-0.39, 0.29) is 6.61 Å². The molecule has 1 aliphatic rings. The van der Waals surface area contributed by atoms with Crippen molar-refractivity contribution in [2.45, 2.75) is 25.4 Å². The molecule has 1 N–H and O–H groups in total. The number of aliphatic hydroxyl groups is 1. The maximum absolute atomic E-state index is 9.42. The van der Waals surface area contributed by atoms with Crippen LogP contribution >= 0.6 is 0 Å². The van der Waals surface area contributed by atoms with Crippen LogP contribution in [0.3, 0.4) is 0 Å². The lowest BCUT2D eigenvalue weighted by molar-refractivity contribution is 0.282. The zero-order chi connectivity index (χ0) is 16.1. The van der Waals surface area contributed by atoms with Crippen LogP contribution in [0, 0.1) is 0 Å². The molecule has 0 amide bonds. The van der Waals surface area contributed by atoms with Crippen LogP contribution in [0.15, 0.2) is 48.9 Å². The Kier molecular flexibility index (Phi) is 2.90. The van der Waals surface area contributed by atoms with Gasteiger partial charge in [0.15, 0.2) is 5.65 Å². The van der Waals surface area contributed by atoms with Gasteiger partial charge in [0.2, 0.25) is 0 Å². The van der Waals surface area contributed by atoms with Gasteiger partial charge < -0.3 is 5.11 Å². The van der Waals surface area contributed by atoms with E-state index >= 15 is 0 Å². The Morgan fingerprint density at radius 2 is 2.04 bits per heavy atom. The molecule has 5 heteroatoms. The summed E-state index contributed by atoms with van der Waals surface area (Å²) in [6.45, 7) is 0.0340. The Morgan fingerprint density at radius 3 is 2.88 bits per heavy atom. The summed E-state index contributed by atoms with van der Waals surface area (Å²) in [5.74, 6) is 0.631. The normalized spacial score (nSPS) is 14.5. The number of aromatic nitrogens is 4. The lowest BCUT2D eigenvalue weighted by atomic mass is 10.00. The summed E-state index contributed by atoms with van der Waals surface area (Å²) in [6.07, 6.45) is 5.94. The van der Waals surface area contributed by atoms with Crippen molar-refractivity contribution in [1.82, 2.24) is 19.6 Å². The molecule has 4 aromatic rings. The first-order valence-corrected chi connectivity index (χ1v) is 8.16. The van der Waals surface area contributed by atoms with E-state index in [4.69, 9.17) is 4.98 Å². The molecule has 1 saturated carbocycles. The summed E-state index contributed by atoms with van der Waals surface area (Å²) in [7, 11) is 0. The van der Waals surface area contributed by atoms with Gasteiger partial charge in [0.25, 0.3) is 0 Å². The SMILES string of the molecule is OCc1ccc2c(C3CC3)cc(-c3ccn4ncnc4c3)nc2c1. The number of pyridine rings is 2. The van der Waals surface area contributed by atoms with Crippen molar-refractivity contribution in [3.8, 4) is 11.3 Å². The van der Waals surface area contributed by atoms with Crippen molar-refractivity contribution in [3.05, 3.63) is 60.0 Å². The largest absolute Gasteiger partial charge is 0.392 e. The Labute approximate surface area is 138 Å². The van der Waals surface area contributed by atoms with Crippen molar-refractivity contribution in [2.75, 3.05) is 0 Å². The van der Waals surface area contributed by atoms with Gasteiger partial charge in [-0.1, -0.05) is 12.1 Å². The zero-order valence-electron chi connectivity index (χ0n) is 13.1. The fraction of sp³-hybridized carbons (Fsp3) is 0.211. The number of fused-ring (bicyclic) bond motifs is 2. The number of hydrogen-bond donors (Lipinski definition) is 1. The molecule has 0 radical (unpaired) electrons. The van der Waals surface area contributed by atoms with Gasteiger partial charge in [0, 0.05) is 17.1 Å². The van der Waals surface area contributed by atoms with E-state index in [0.717, 1.165) is 28.0 Å². The summed E-state index contributed by atoms with van der Waals surface area (Å²) in [5, 5.41) is 14.8. The highest BCUT2D eigenvalue weighted by Gasteiger charge is 2.26. The second-order valence-electron chi connectivity index (χ2n) is 6.36. The van der Waals surface area contributed by atoms with E-state index < -0.39 is 0 Å². The fourth-order valence-electron chi connectivity index (χ4n) is 3.25. The van der Waals surface area contributed by atoms with Crippen molar-refractivity contribution in [2.24, 2.45) is 0 Å². The molecule has 5 rings (SSSR count). The molecule has 1 aromatic carbocycles. The predicted molar refractivity (Wildman–Crippen MR) is 91.6 cm³/mol. The molecule has 24 heavy (non-hydrogen) atoms. The van der Waals surface area contributed by atoms with Crippen molar-refractivity contribution < 1.29 is 5.11 Å². The van der Waals surface area contributed by atoms with E-state index in [1.165, 1.54) is 23.8 Å². The molecule has 0 saturated heterocycles. The molecule has 3 aromatic heterocycles. The molecule has 0 unspecified atom stereocenters. The first-order chi connectivity index (χ1) is 11.8. The van der Waals surface area contributed by atoms with Crippen LogP contribution in [0.4, 0.5) is 0 Å². The van der Waals surface area contributed by atoms with E-state index in [9.17, 15) is 5.11 Å². The third kappa shape index (κ3) is 2.17. The first-order valence-electron chi connectivity index (χ1n) is 8.16. The van der Waals surface area contributed by atoms with Gasteiger partial charge in [-0.15, -0.1) is 0 Å². The molecule has 0 bridgehead atoms. The standard InChI is InChI=1S/C19H16N4O/c24-10-12-1-4-15-16(13-2-3-13)9-17(22-18(15)7-12)14-5-6-23-19(8-14)20-11-21-23/h1,4-9,11,13,24H,2-3,10H2. The summed E-state index contributed by atoms with van der Waals surface area (Å²) >= 11 is 0. The molecular formula is C19H16N4O. The van der Waals surface area contributed by atoms with Crippen LogP contribution in [0.5, 0.6) is 0 Å². The van der Waals surface area contributed by atoms with Crippen molar-refractivity contribution in [1.29, 1.82) is 0 Å². The Balaban J connectivity index is 1.74. The summed E-state index contributed by atoms with van der Waals surface area (Å²) in [4.78, 5) is 9.10. The van der Waals surface area contributed by atoms with Crippen LogP contribution in [0.25, 0.3) is 27.8 Å². The van der Waals surface area contributed by atoms with Gasteiger partial charge in [-0.25, -0.2) is 14.5 Å². The number of nitrogens with zero attached hydrogens (tertiary/aromatic N) is 4. The molecular weight excluding hydrogens is 300 g/mol. The van der Waals surface area contributed by atoms with Gasteiger partial charge in [-0.05, 0) is 54.2 Å². The second-order valence-corrected chi connectivity index (χ2v) is 6.36. The first kappa shape index (κ1) is 13.6. The van der Waals surface area contributed by atoms with E-state index in [0.29, 0.717) is 5.92 Å².